The lowest BCUT2D eigenvalue weighted by atomic mass is 10.1. The van der Waals surface area contributed by atoms with Crippen molar-refractivity contribution in [3.8, 4) is 0 Å². The standard InChI is InChI=1S/C8H12N2O2S/c1-6(9)7-2-4-8(5-3-7)13(10,11)12/h2-6H,9H2,1H3,(H2,10,11,12). The molecule has 1 atom stereocenters. The number of hydrogen-bond acceptors (Lipinski definition) is 3. The van der Waals surface area contributed by atoms with Crippen LogP contribution < -0.4 is 10.9 Å². The van der Waals surface area contributed by atoms with Crippen molar-refractivity contribution in [3.63, 3.8) is 0 Å². The smallest absolute Gasteiger partial charge is 0.238 e. The Kier molecular flexibility index (Phi) is 2.70. The summed E-state index contributed by atoms with van der Waals surface area (Å²) in [6.07, 6.45) is 0. The van der Waals surface area contributed by atoms with E-state index in [0.29, 0.717) is 0 Å². The van der Waals surface area contributed by atoms with Gasteiger partial charge in [0.25, 0.3) is 0 Å². The molecular formula is C8H12N2O2S. The maximum absolute atomic E-state index is 10.9. The van der Waals surface area contributed by atoms with Gasteiger partial charge in [-0.1, -0.05) is 12.1 Å². The minimum absolute atomic E-state index is 0.102. The van der Waals surface area contributed by atoms with Gasteiger partial charge in [-0.3, -0.25) is 0 Å². The Morgan fingerprint density at radius 2 is 1.69 bits per heavy atom. The average Bonchev–Trinajstić information content (AvgIpc) is 2.03. The molecular weight excluding hydrogens is 188 g/mol. The predicted molar refractivity (Wildman–Crippen MR) is 50.4 cm³/mol. The van der Waals surface area contributed by atoms with Gasteiger partial charge in [0.15, 0.2) is 0 Å². The summed E-state index contributed by atoms with van der Waals surface area (Å²) in [5.74, 6) is 0. The van der Waals surface area contributed by atoms with E-state index in [-0.39, 0.29) is 10.9 Å². The van der Waals surface area contributed by atoms with Crippen LogP contribution >= 0.6 is 0 Å². The van der Waals surface area contributed by atoms with E-state index < -0.39 is 10.0 Å². The largest absolute Gasteiger partial charge is 0.324 e. The van der Waals surface area contributed by atoms with Gasteiger partial charge in [0, 0.05) is 6.04 Å². The van der Waals surface area contributed by atoms with Gasteiger partial charge in [0.05, 0.1) is 4.90 Å². The maximum atomic E-state index is 10.9. The van der Waals surface area contributed by atoms with Gasteiger partial charge in [-0.15, -0.1) is 0 Å². The second kappa shape index (κ2) is 3.45. The van der Waals surface area contributed by atoms with Crippen molar-refractivity contribution in [2.45, 2.75) is 17.9 Å². The topological polar surface area (TPSA) is 86.2 Å². The molecule has 0 aliphatic carbocycles. The Balaban J connectivity index is 3.08. The highest BCUT2D eigenvalue weighted by molar-refractivity contribution is 7.89. The Bertz CT molecular complexity index is 381. The molecule has 0 saturated carbocycles. The molecule has 0 fully saturated rings. The summed E-state index contributed by atoms with van der Waals surface area (Å²) in [6, 6.07) is 6.12. The molecule has 4 nitrogen and oxygen atoms in total. The maximum Gasteiger partial charge on any atom is 0.238 e. The zero-order valence-electron chi connectivity index (χ0n) is 7.27. The predicted octanol–water partition coefficient (Wildman–Crippen LogP) is 0.354. The summed E-state index contributed by atoms with van der Waals surface area (Å²) in [7, 11) is -3.59. The van der Waals surface area contributed by atoms with Crippen molar-refractivity contribution in [1.82, 2.24) is 0 Å². The molecule has 0 heterocycles. The molecule has 0 amide bonds. The lowest BCUT2D eigenvalue weighted by Gasteiger charge is -2.05. The molecule has 1 unspecified atom stereocenters. The fourth-order valence-electron chi connectivity index (χ4n) is 0.961. The Hall–Kier alpha value is -0.910. The molecule has 0 spiro atoms. The van der Waals surface area contributed by atoms with Gasteiger partial charge in [0.1, 0.15) is 0 Å². The summed E-state index contributed by atoms with van der Waals surface area (Å²) in [6.45, 7) is 1.83. The first-order chi connectivity index (χ1) is 5.91. The van der Waals surface area contributed by atoms with Crippen LogP contribution in [0.1, 0.15) is 18.5 Å². The quantitative estimate of drug-likeness (QED) is 0.722. The van der Waals surface area contributed by atoms with Crippen molar-refractivity contribution in [3.05, 3.63) is 29.8 Å². The van der Waals surface area contributed by atoms with Crippen LogP contribution in [0.4, 0.5) is 0 Å². The van der Waals surface area contributed by atoms with E-state index in [2.05, 4.69) is 0 Å². The Labute approximate surface area is 77.6 Å². The summed E-state index contributed by atoms with van der Waals surface area (Å²) >= 11 is 0. The second-order valence-electron chi connectivity index (χ2n) is 2.90. The zero-order valence-corrected chi connectivity index (χ0v) is 8.08. The summed E-state index contributed by atoms with van der Waals surface area (Å²) < 4.78 is 21.7. The number of sulfonamides is 1. The normalized spacial score (nSPS) is 14.1. The number of rotatable bonds is 2. The van der Waals surface area contributed by atoms with Crippen molar-refractivity contribution >= 4 is 10.0 Å². The first kappa shape index (κ1) is 10.2. The fraction of sp³-hybridized carbons (Fsp3) is 0.250. The van der Waals surface area contributed by atoms with Crippen LogP contribution in [-0.2, 0) is 10.0 Å². The van der Waals surface area contributed by atoms with E-state index in [9.17, 15) is 8.42 Å². The van der Waals surface area contributed by atoms with E-state index in [4.69, 9.17) is 10.9 Å². The molecule has 1 rings (SSSR count). The van der Waals surface area contributed by atoms with Gasteiger partial charge < -0.3 is 5.73 Å². The van der Waals surface area contributed by atoms with Crippen LogP contribution in [0.15, 0.2) is 29.2 Å². The monoisotopic (exact) mass is 200 g/mol. The second-order valence-corrected chi connectivity index (χ2v) is 4.46. The first-order valence-electron chi connectivity index (χ1n) is 3.79. The molecule has 0 saturated heterocycles. The number of hydrogen-bond donors (Lipinski definition) is 2. The van der Waals surface area contributed by atoms with Crippen LogP contribution in [0, 0.1) is 0 Å². The van der Waals surface area contributed by atoms with E-state index in [1.807, 2.05) is 6.92 Å². The number of benzene rings is 1. The third-order valence-electron chi connectivity index (χ3n) is 1.73. The Morgan fingerprint density at radius 3 is 2.00 bits per heavy atom. The Morgan fingerprint density at radius 1 is 1.23 bits per heavy atom. The molecule has 1 aromatic carbocycles. The van der Waals surface area contributed by atoms with Crippen LogP contribution in [0.3, 0.4) is 0 Å². The van der Waals surface area contributed by atoms with Gasteiger partial charge >= 0.3 is 0 Å². The van der Waals surface area contributed by atoms with Crippen LogP contribution in [0.5, 0.6) is 0 Å². The molecule has 13 heavy (non-hydrogen) atoms. The fourth-order valence-corrected chi connectivity index (χ4v) is 1.48. The van der Waals surface area contributed by atoms with Gasteiger partial charge in [0.2, 0.25) is 10.0 Å². The highest BCUT2D eigenvalue weighted by atomic mass is 32.2. The minimum atomic E-state index is -3.59. The molecule has 5 heteroatoms. The van der Waals surface area contributed by atoms with Crippen molar-refractivity contribution in [2.24, 2.45) is 10.9 Å². The third-order valence-corrected chi connectivity index (χ3v) is 2.66. The van der Waals surface area contributed by atoms with Crippen LogP contribution in [-0.4, -0.2) is 8.42 Å². The van der Waals surface area contributed by atoms with Crippen molar-refractivity contribution in [1.29, 1.82) is 0 Å². The molecule has 1 aromatic rings. The van der Waals surface area contributed by atoms with Gasteiger partial charge in [-0.2, -0.15) is 0 Å². The lowest BCUT2D eigenvalue weighted by molar-refractivity contribution is 0.597. The average molecular weight is 200 g/mol. The molecule has 72 valence electrons. The van der Waals surface area contributed by atoms with E-state index in [1.165, 1.54) is 12.1 Å². The first-order valence-corrected chi connectivity index (χ1v) is 5.34. The van der Waals surface area contributed by atoms with Crippen molar-refractivity contribution < 1.29 is 8.42 Å². The molecule has 0 bridgehead atoms. The van der Waals surface area contributed by atoms with Gasteiger partial charge in [-0.25, -0.2) is 13.6 Å². The van der Waals surface area contributed by atoms with Crippen LogP contribution in [0.2, 0.25) is 0 Å². The highest BCUT2D eigenvalue weighted by Crippen LogP contribution is 2.12. The van der Waals surface area contributed by atoms with Crippen LogP contribution in [0.25, 0.3) is 0 Å². The number of nitrogens with two attached hydrogens (primary N) is 2. The van der Waals surface area contributed by atoms with E-state index >= 15 is 0 Å². The lowest BCUT2D eigenvalue weighted by Crippen LogP contribution is -2.12. The SMILES string of the molecule is CC(N)c1ccc(S(N)(=O)=O)cc1. The third kappa shape index (κ3) is 2.51. The zero-order chi connectivity index (χ0) is 10.1. The molecule has 0 radical (unpaired) electrons. The molecule has 0 aliphatic heterocycles. The van der Waals surface area contributed by atoms with E-state index in [1.54, 1.807) is 12.1 Å². The highest BCUT2D eigenvalue weighted by Gasteiger charge is 2.07. The minimum Gasteiger partial charge on any atom is -0.324 e. The van der Waals surface area contributed by atoms with Crippen molar-refractivity contribution in [2.75, 3.05) is 0 Å². The van der Waals surface area contributed by atoms with E-state index in [0.717, 1.165) is 5.56 Å². The summed E-state index contributed by atoms with van der Waals surface area (Å²) in [5, 5.41) is 4.92. The summed E-state index contributed by atoms with van der Waals surface area (Å²) in [5.41, 5.74) is 6.47. The molecule has 0 aromatic heterocycles. The number of primary sulfonamides is 1. The van der Waals surface area contributed by atoms with Gasteiger partial charge in [-0.05, 0) is 24.6 Å². The summed E-state index contributed by atoms with van der Waals surface area (Å²) in [4.78, 5) is 0.108. The molecule has 0 aliphatic rings. The molecule has 4 N–H and O–H groups in total.